The molecule has 1 aliphatic rings. The van der Waals surface area contributed by atoms with E-state index < -0.39 is 35.4 Å². The summed E-state index contributed by atoms with van der Waals surface area (Å²) in [5.41, 5.74) is 0.264. The lowest BCUT2D eigenvalue weighted by atomic mass is 9.93. The van der Waals surface area contributed by atoms with Crippen molar-refractivity contribution in [2.75, 3.05) is 0 Å². The third kappa shape index (κ3) is 5.33. The van der Waals surface area contributed by atoms with Crippen molar-refractivity contribution in [1.82, 2.24) is 0 Å². The molecule has 2 unspecified atom stereocenters. The molecule has 0 saturated heterocycles. The number of aromatic hydroxyl groups is 1. The zero-order valence-corrected chi connectivity index (χ0v) is 20.3. The Morgan fingerprint density at radius 1 is 1.00 bits per heavy atom. The first-order chi connectivity index (χ1) is 17.0. The molecule has 0 fully saturated rings. The van der Waals surface area contributed by atoms with Gasteiger partial charge in [-0.25, -0.2) is 14.4 Å². The van der Waals surface area contributed by atoms with E-state index in [1.54, 1.807) is 64.1 Å². The van der Waals surface area contributed by atoms with Gasteiger partial charge in [0.15, 0.2) is 12.2 Å². The molecule has 3 aromatic rings. The molecule has 1 aliphatic heterocycles. The predicted molar refractivity (Wildman–Crippen MR) is 132 cm³/mol. The van der Waals surface area contributed by atoms with E-state index in [2.05, 4.69) is 0 Å². The van der Waals surface area contributed by atoms with Crippen LogP contribution in [0.4, 0.5) is 0 Å². The Hall–Kier alpha value is -4.33. The lowest BCUT2D eigenvalue weighted by Crippen LogP contribution is -2.46. The Morgan fingerprint density at radius 2 is 1.69 bits per heavy atom. The highest BCUT2D eigenvalue weighted by Crippen LogP contribution is 2.47. The molecule has 1 N–H and O–H groups in total. The molecule has 2 aromatic carbocycles. The van der Waals surface area contributed by atoms with E-state index in [1.807, 2.05) is 0 Å². The lowest BCUT2D eigenvalue weighted by molar-refractivity contribution is -0.171. The van der Waals surface area contributed by atoms with Crippen molar-refractivity contribution in [3.63, 3.8) is 0 Å². The minimum atomic E-state index is -1.26. The van der Waals surface area contributed by atoms with E-state index in [0.717, 1.165) is 5.57 Å². The summed E-state index contributed by atoms with van der Waals surface area (Å²) in [5, 5.41) is 10.0. The van der Waals surface area contributed by atoms with Gasteiger partial charge in [0.2, 0.25) is 0 Å². The fraction of sp³-hybridized carbons (Fsp3) is 0.250. The maximum atomic E-state index is 12.7. The van der Waals surface area contributed by atoms with Gasteiger partial charge < -0.3 is 23.7 Å². The molecule has 186 valence electrons. The van der Waals surface area contributed by atoms with Gasteiger partial charge in [-0.2, -0.15) is 0 Å². The number of fused-ring (bicyclic) bond motifs is 3. The summed E-state index contributed by atoms with van der Waals surface area (Å²) in [5.74, 6) is -0.768. The topological polar surface area (TPSA) is 112 Å². The van der Waals surface area contributed by atoms with E-state index in [9.17, 15) is 19.5 Å². The van der Waals surface area contributed by atoms with Gasteiger partial charge in [-0.15, -0.1) is 0 Å². The lowest BCUT2D eigenvalue weighted by Gasteiger charge is -2.33. The van der Waals surface area contributed by atoms with Crippen LogP contribution in [0.3, 0.4) is 0 Å². The summed E-state index contributed by atoms with van der Waals surface area (Å²) in [6.45, 7) is 6.82. The summed E-state index contributed by atoms with van der Waals surface area (Å²) in [6, 6.07) is 12.7. The van der Waals surface area contributed by atoms with Crippen LogP contribution in [0.1, 0.15) is 44.9 Å². The molecule has 0 saturated carbocycles. The van der Waals surface area contributed by atoms with E-state index in [0.29, 0.717) is 22.3 Å². The number of allylic oxidation sites excluding steroid dienone is 1. The van der Waals surface area contributed by atoms with Crippen LogP contribution in [0, 0.1) is 0 Å². The number of ether oxygens (including phenoxy) is 3. The van der Waals surface area contributed by atoms with Gasteiger partial charge in [0, 0.05) is 23.6 Å². The number of phenols is 1. The molecular weight excluding hydrogens is 464 g/mol. The van der Waals surface area contributed by atoms with Crippen molar-refractivity contribution in [2.45, 2.75) is 45.5 Å². The Balaban J connectivity index is 1.66. The third-order valence-electron chi connectivity index (χ3n) is 5.61. The molecule has 8 nitrogen and oxygen atoms in total. The Labute approximate surface area is 207 Å². The fourth-order valence-corrected chi connectivity index (χ4v) is 3.98. The quantitative estimate of drug-likeness (QED) is 0.297. The van der Waals surface area contributed by atoms with Crippen LogP contribution in [0.5, 0.6) is 11.5 Å². The third-order valence-corrected chi connectivity index (χ3v) is 5.61. The Kier molecular flexibility index (Phi) is 6.70. The van der Waals surface area contributed by atoms with Gasteiger partial charge in [0.1, 0.15) is 22.7 Å². The van der Waals surface area contributed by atoms with Crippen LogP contribution in [0.15, 0.2) is 75.5 Å². The van der Waals surface area contributed by atoms with Crippen molar-refractivity contribution in [2.24, 2.45) is 0 Å². The van der Waals surface area contributed by atoms with Crippen LogP contribution in [-0.4, -0.2) is 28.8 Å². The van der Waals surface area contributed by atoms with Crippen molar-refractivity contribution < 1.29 is 33.3 Å². The summed E-state index contributed by atoms with van der Waals surface area (Å²) in [6.07, 6.45) is 2.21. The largest absolute Gasteiger partial charge is 0.508 e. The summed E-state index contributed by atoms with van der Waals surface area (Å²) < 4.78 is 23.1. The number of esters is 2. The maximum absolute atomic E-state index is 12.7. The molecule has 4 rings (SSSR count). The molecule has 1 aromatic heterocycles. The minimum Gasteiger partial charge on any atom is -0.508 e. The van der Waals surface area contributed by atoms with E-state index in [1.165, 1.54) is 30.4 Å². The summed E-state index contributed by atoms with van der Waals surface area (Å²) in [4.78, 5) is 37.3. The SMILES string of the molecule is CC(C)=CC(=O)OC1c2c(ccc3ccc(=O)oc23)OC1C(C)(C)OC(=O)C=Cc1ccc(O)cc1. The van der Waals surface area contributed by atoms with Crippen LogP contribution < -0.4 is 10.4 Å². The standard InChI is InChI=1S/C28H26O8/c1-16(2)15-23(32)35-26-24-20(12-8-18-9-14-21(30)34-25(18)24)33-27(26)28(3,4)36-22(31)13-7-17-5-10-19(29)11-6-17/h5-15,26-27,29H,1-4H3. The van der Waals surface area contributed by atoms with Gasteiger partial charge in [-0.1, -0.05) is 17.7 Å². The minimum absolute atomic E-state index is 0.117. The van der Waals surface area contributed by atoms with E-state index in [-0.39, 0.29) is 11.3 Å². The van der Waals surface area contributed by atoms with Gasteiger partial charge in [-0.05, 0) is 69.7 Å². The normalized spacial score (nSPS) is 16.9. The van der Waals surface area contributed by atoms with Crippen LogP contribution >= 0.6 is 0 Å². The molecule has 0 radical (unpaired) electrons. The van der Waals surface area contributed by atoms with E-state index in [4.69, 9.17) is 18.6 Å². The number of phenolic OH excluding ortho intramolecular Hbond substituents is 1. The number of carbonyl (C=O) groups is 2. The van der Waals surface area contributed by atoms with Gasteiger partial charge in [-0.3, -0.25) is 0 Å². The number of hydrogen-bond donors (Lipinski definition) is 1. The molecule has 0 aliphatic carbocycles. The highest BCUT2D eigenvalue weighted by atomic mass is 16.6. The molecule has 8 heteroatoms. The average molecular weight is 491 g/mol. The van der Waals surface area contributed by atoms with Crippen LogP contribution in [-0.2, 0) is 19.1 Å². The number of benzene rings is 2. The molecule has 0 amide bonds. The summed E-state index contributed by atoms with van der Waals surface area (Å²) in [7, 11) is 0. The Bertz CT molecular complexity index is 1420. The zero-order chi connectivity index (χ0) is 26.0. The maximum Gasteiger partial charge on any atom is 0.336 e. The van der Waals surface area contributed by atoms with Gasteiger partial charge in [0.05, 0.1) is 5.56 Å². The smallest absolute Gasteiger partial charge is 0.336 e. The number of hydrogen-bond acceptors (Lipinski definition) is 8. The van der Waals surface area contributed by atoms with Crippen molar-refractivity contribution in [3.8, 4) is 11.5 Å². The monoisotopic (exact) mass is 490 g/mol. The fourth-order valence-electron chi connectivity index (χ4n) is 3.98. The first kappa shape index (κ1) is 24.8. The first-order valence-electron chi connectivity index (χ1n) is 11.3. The first-order valence-corrected chi connectivity index (χ1v) is 11.3. The molecule has 0 spiro atoms. The van der Waals surface area contributed by atoms with Crippen LogP contribution in [0.2, 0.25) is 0 Å². The van der Waals surface area contributed by atoms with Crippen molar-refractivity contribution >= 4 is 29.0 Å². The molecule has 2 atom stereocenters. The average Bonchev–Trinajstić information content (AvgIpc) is 3.17. The van der Waals surface area contributed by atoms with Crippen molar-refractivity contribution in [1.29, 1.82) is 0 Å². The second-order valence-corrected chi connectivity index (χ2v) is 9.22. The van der Waals surface area contributed by atoms with Gasteiger partial charge in [0.25, 0.3) is 0 Å². The molecule has 2 heterocycles. The van der Waals surface area contributed by atoms with Gasteiger partial charge >= 0.3 is 17.6 Å². The van der Waals surface area contributed by atoms with E-state index >= 15 is 0 Å². The predicted octanol–water partition coefficient (Wildman–Crippen LogP) is 4.85. The molecular formula is C28H26O8. The molecule has 0 bridgehead atoms. The summed E-state index contributed by atoms with van der Waals surface area (Å²) >= 11 is 0. The number of rotatable bonds is 6. The van der Waals surface area contributed by atoms with Crippen LogP contribution in [0.25, 0.3) is 17.0 Å². The highest BCUT2D eigenvalue weighted by Gasteiger charge is 2.50. The second-order valence-electron chi connectivity index (χ2n) is 9.22. The zero-order valence-electron chi connectivity index (χ0n) is 20.3. The Morgan fingerprint density at radius 3 is 2.39 bits per heavy atom. The van der Waals surface area contributed by atoms with Crippen molar-refractivity contribution in [3.05, 3.63) is 87.8 Å². The highest BCUT2D eigenvalue weighted by molar-refractivity contribution is 5.88. The molecule has 36 heavy (non-hydrogen) atoms. The number of carbonyl (C=O) groups excluding carboxylic acids is 2. The second kappa shape index (κ2) is 9.73.